The molecule has 7 nitrogen and oxygen atoms in total. The molecule has 3 heterocycles. The lowest BCUT2D eigenvalue weighted by atomic mass is 9.78. The number of amides is 1. The molecule has 2 aromatic rings. The van der Waals surface area contributed by atoms with Gasteiger partial charge in [-0.15, -0.1) is 0 Å². The van der Waals surface area contributed by atoms with Crippen molar-refractivity contribution in [2.75, 3.05) is 13.6 Å². The van der Waals surface area contributed by atoms with Gasteiger partial charge in [-0.2, -0.15) is 18.4 Å². The van der Waals surface area contributed by atoms with Crippen molar-refractivity contribution in [2.45, 2.75) is 43.5 Å². The van der Waals surface area contributed by atoms with E-state index in [-0.39, 0.29) is 29.1 Å². The second-order valence-electron chi connectivity index (χ2n) is 8.57. The number of rotatable bonds is 4. The van der Waals surface area contributed by atoms with Crippen molar-refractivity contribution in [3.05, 3.63) is 40.5 Å². The zero-order valence-corrected chi connectivity index (χ0v) is 18.8. The monoisotopic (exact) mass is 483 g/mol. The van der Waals surface area contributed by atoms with Crippen LogP contribution in [0.5, 0.6) is 11.8 Å². The molecule has 0 aliphatic carbocycles. The fraction of sp³-hybridized carbons (Fsp3) is 0.455. The summed E-state index contributed by atoms with van der Waals surface area (Å²) < 4.78 is 47.1. The number of nitriles is 1. The molecule has 2 N–H and O–H groups in total. The van der Waals surface area contributed by atoms with Gasteiger partial charge in [-0.25, -0.2) is 0 Å². The molecule has 2 aliphatic rings. The Hall–Kier alpha value is -2.90. The Kier molecular flexibility index (Phi) is 5.15. The second-order valence-corrected chi connectivity index (χ2v) is 9.13. The Morgan fingerprint density at radius 1 is 1.36 bits per heavy atom. The highest BCUT2D eigenvalue weighted by Gasteiger charge is 2.68. The van der Waals surface area contributed by atoms with E-state index in [0.717, 1.165) is 17.1 Å². The maximum atomic E-state index is 13.5. The third-order valence-corrected chi connectivity index (χ3v) is 6.86. The van der Waals surface area contributed by atoms with E-state index < -0.39 is 45.6 Å². The maximum absolute atomic E-state index is 13.5. The number of ether oxygens (including phenoxy) is 1. The Balaban J connectivity index is 1.88. The van der Waals surface area contributed by atoms with E-state index in [1.54, 1.807) is 14.0 Å². The first-order chi connectivity index (χ1) is 15.3. The number of carbonyl (C=O) groups excluding carboxylic acids is 1. The molecule has 0 unspecified atom stereocenters. The average molecular weight is 484 g/mol. The van der Waals surface area contributed by atoms with Gasteiger partial charge < -0.3 is 19.8 Å². The third-order valence-electron chi connectivity index (χ3n) is 6.33. The van der Waals surface area contributed by atoms with Gasteiger partial charge in [0.05, 0.1) is 45.5 Å². The molecule has 1 amide bonds. The Morgan fingerprint density at radius 3 is 2.58 bits per heavy atom. The number of hydrogen-bond acceptors (Lipinski definition) is 5. The van der Waals surface area contributed by atoms with Gasteiger partial charge in [0.1, 0.15) is 0 Å². The molecule has 0 spiro atoms. The molecule has 1 aromatic carbocycles. The third kappa shape index (κ3) is 3.17. The van der Waals surface area contributed by atoms with Crippen LogP contribution < -0.4 is 0 Å². The number of halogens is 4. The molecule has 3 atom stereocenters. The minimum absolute atomic E-state index is 0.0448. The molecule has 2 bridgehead atoms. The molecule has 1 saturated heterocycles. The first kappa shape index (κ1) is 23.3. The predicted molar refractivity (Wildman–Crippen MR) is 111 cm³/mol. The van der Waals surface area contributed by atoms with Gasteiger partial charge in [0.25, 0.3) is 0 Å². The lowest BCUT2D eigenvalue weighted by Gasteiger charge is -2.30. The average Bonchev–Trinajstić information content (AvgIpc) is 3.27. The summed E-state index contributed by atoms with van der Waals surface area (Å²) in [6.45, 7) is 4.00. The predicted octanol–water partition coefficient (Wildman–Crippen LogP) is 4.30. The molecule has 1 aromatic heterocycles. The van der Waals surface area contributed by atoms with Gasteiger partial charge >= 0.3 is 6.18 Å². The summed E-state index contributed by atoms with van der Waals surface area (Å²) >= 11 is 6.77. The van der Waals surface area contributed by atoms with E-state index in [4.69, 9.17) is 21.6 Å². The van der Waals surface area contributed by atoms with Crippen molar-refractivity contribution in [1.29, 1.82) is 5.26 Å². The van der Waals surface area contributed by atoms with Crippen molar-refractivity contribution in [3.63, 3.8) is 0 Å². The normalized spacial score (nSPS) is 25.7. The van der Waals surface area contributed by atoms with Crippen LogP contribution >= 0.6 is 11.6 Å². The van der Waals surface area contributed by atoms with Crippen molar-refractivity contribution in [2.24, 2.45) is 5.92 Å². The summed E-state index contributed by atoms with van der Waals surface area (Å²) in [6.07, 6.45) is -3.99. The molecule has 0 radical (unpaired) electrons. The molecule has 2 aliphatic heterocycles. The van der Waals surface area contributed by atoms with Gasteiger partial charge in [-0.3, -0.25) is 9.36 Å². The second kappa shape index (κ2) is 7.30. The zero-order chi connectivity index (χ0) is 24.5. The molecule has 11 heteroatoms. The van der Waals surface area contributed by atoms with Crippen LogP contribution in [0.3, 0.4) is 0 Å². The first-order valence-corrected chi connectivity index (χ1v) is 10.6. The van der Waals surface area contributed by atoms with Crippen LogP contribution in [0.15, 0.2) is 18.2 Å². The number of hydrogen-bond donors (Lipinski definition) is 2. The number of fused-ring (bicyclic) bond motifs is 5. The van der Waals surface area contributed by atoms with Gasteiger partial charge in [0, 0.05) is 13.6 Å². The van der Waals surface area contributed by atoms with Crippen molar-refractivity contribution in [1.82, 2.24) is 9.47 Å². The van der Waals surface area contributed by atoms with E-state index in [1.807, 2.05) is 6.92 Å². The van der Waals surface area contributed by atoms with Crippen LogP contribution in [-0.2, 0) is 26.4 Å². The summed E-state index contributed by atoms with van der Waals surface area (Å²) in [4.78, 5) is 14.5. The standard InChI is InChI=1S/C22H21ClF3N3O4/c1-4-7-28(3)17(30)14-9-20(2)15-16(21(14,23)33-20)19(32)29(18(15)31)12-6-5-11(10-27)13(8-12)22(24,25)26/h5-6,8,14,31-32H,4,7,9H2,1-3H3/t14-,20+,21-/m0/s1. The number of nitrogens with zero attached hydrogens (tertiary/aromatic N) is 3. The highest BCUT2D eigenvalue weighted by molar-refractivity contribution is 6.25. The topological polar surface area (TPSA) is 98.7 Å². The maximum Gasteiger partial charge on any atom is 0.417 e. The van der Waals surface area contributed by atoms with Crippen LogP contribution in [0.2, 0.25) is 0 Å². The highest BCUT2D eigenvalue weighted by Crippen LogP contribution is 2.68. The van der Waals surface area contributed by atoms with E-state index in [9.17, 15) is 28.2 Å². The SMILES string of the molecule is CCCN(C)C(=O)[C@@H]1C[C@@]2(C)O[C@]1(Cl)c1c2c(O)n(-c2ccc(C#N)c(C(F)(F)F)c2)c1O. The number of aromatic nitrogens is 1. The highest BCUT2D eigenvalue weighted by atomic mass is 35.5. The summed E-state index contributed by atoms with van der Waals surface area (Å²) in [5.41, 5.74) is -3.20. The molecule has 33 heavy (non-hydrogen) atoms. The van der Waals surface area contributed by atoms with E-state index in [0.29, 0.717) is 12.6 Å². The van der Waals surface area contributed by atoms with Crippen molar-refractivity contribution >= 4 is 17.5 Å². The van der Waals surface area contributed by atoms with Crippen molar-refractivity contribution in [3.8, 4) is 23.5 Å². The Bertz CT molecular complexity index is 1200. The Labute approximate surface area is 192 Å². The number of aromatic hydroxyl groups is 2. The summed E-state index contributed by atoms with van der Waals surface area (Å²) in [5.74, 6) is -2.35. The number of benzene rings is 1. The van der Waals surface area contributed by atoms with Crippen LogP contribution in [0, 0.1) is 17.2 Å². The lowest BCUT2D eigenvalue weighted by Crippen LogP contribution is -2.41. The molecule has 0 saturated carbocycles. The number of carbonyl (C=O) groups is 1. The number of alkyl halides is 4. The van der Waals surface area contributed by atoms with Gasteiger partial charge in [0.2, 0.25) is 17.7 Å². The minimum atomic E-state index is -4.83. The summed E-state index contributed by atoms with van der Waals surface area (Å²) in [6, 6.07) is 4.28. The van der Waals surface area contributed by atoms with Crippen molar-refractivity contribution < 1.29 is 32.9 Å². The summed E-state index contributed by atoms with van der Waals surface area (Å²) in [5, 5.41) is 29.2. The Morgan fingerprint density at radius 2 is 2.00 bits per heavy atom. The summed E-state index contributed by atoms with van der Waals surface area (Å²) in [7, 11) is 1.62. The smallest absolute Gasteiger partial charge is 0.417 e. The molecule has 176 valence electrons. The minimum Gasteiger partial charge on any atom is -0.494 e. The lowest BCUT2D eigenvalue weighted by molar-refractivity contribution is -0.138. The molecular formula is C22H21ClF3N3O4. The van der Waals surface area contributed by atoms with E-state index >= 15 is 0 Å². The zero-order valence-electron chi connectivity index (χ0n) is 18.0. The largest absolute Gasteiger partial charge is 0.494 e. The fourth-order valence-electron chi connectivity index (χ4n) is 4.92. The molecule has 1 fully saturated rings. The van der Waals surface area contributed by atoms with Crippen LogP contribution in [-0.4, -0.2) is 39.2 Å². The first-order valence-electron chi connectivity index (χ1n) is 10.2. The fourth-order valence-corrected chi connectivity index (χ4v) is 5.44. The van der Waals surface area contributed by atoms with Crippen LogP contribution in [0.25, 0.3) is 5.69 Å². The van der Waals surface area contributed by atoms with Crippen LogP contribution in [0.1, 0.15) is 48.9 Å². The van der Waals surface area contributed by atoms with Gasteiger partial charge in [-0.1, -0.05) is 18.5 Å². The molecular weight excluding hydrogens is 463 g/mol. The quantitative estimate of drug-likeness (QED) is 0.632. The van der Waals surface area contributed by atoms with E-state index in [2.05, 4.69) is 0 Å². The van der Waals surface area contributed by atoms with Crippen LogP contribution in [0.4, 0.5) is 13.2 Å². The van der Waals surface area contributed by atoms with E-state index in [1.165, 1.54) is 17.0 Å². The molecule has 4 rings (SSSR count). The van der Waals surface area contributed by atoms with Gasteiger partial charge in [-0.05, 0) is 38.0 Å². The van der Waals surface area contributed by atoms with Gasteiger partial charge in [0.15, 0.2) is 5.06 Å².